The first-order valence-electron chi connectivity index (χ1n) is 18.8. The van der Waals surface area contributed by atoms with Crippen LogP contribution >= 0.6 is 0 Å². The van der Waals surface area contributed by atoms with Crippen LogP contribution in [0.2, 0.25) is 0 Å². The Balaban J connectivity index is 1.19. The molecule has 5 aliphatic carbocycles. The average Bonchev–Trinajstić information content (AvgIpc) is 3.65. The van der Waals surface area contributed by atoms with Crippen LogP contribution in [0.25, 0.3) is 0 Å². The third-order valence-corrected chi connectivity index (χ3v) is 15.4. The summed E-state index contributed by atoms with van der Waals surface area (Å²) < 4.78 is 19.2. The van der Waals surface area contributed by atoms with Gasteiger partial charge in [0.25, 0.3) is 0 Å². The van der Waals surface area contributed by atoms with E-state index in [1.165, 1.54) is 63.4 Å². The van der Waals surface area contributed by atoms with Crippen LogP contribution in [0.5, 0.6) is 0 Å². The van der Waals surface area contributed by atoms with E-state index in [0.717, 1.165) is 56.6 Å². The highest BCUT2D eigenvalue weighted by molar-refractivity contribution is 5.67. The van der Waals surface area contributed by atoms with E-state index in [1.807, 2.05) is 6.08 Å². The Kier molecular flexibility index (Phi) is 9.72. The number of ether oxygens (including phenoxy) is 1. The summed E-state index contributed by atoms with van der Waals surface area (Å²) in [6.45, 7) is 16.3. The number of alkyl halides is 1. The number of carboxylic acid groups (broad SMARTS) is 1. The highest BCUT2D eigenvalue weighted by Crippen LogP contribution is 2.75. The van der Waals surface area contributed by atoms with Crippen LogP contribution in [0.4, 0.5) is 4.39 Å². The van der Waals surface area contributed by atoms with Gasteiger partial charge in [-0.05, 0) is 134 Å². The van der Waals surface area contributed by atoms with Crippen molar-refractivity contribution in [2.75, 3.05) is 33.0 Å². The van der Waals surface area contributed by atoms with Crippen molar-refractivity contribution in [3.8, 4) is 0 Å². The quantitative estimate of drug-likeness (QED) is 0.241. The molecule has 6 heteroatoms. The molecule has 6 rings (SSSR count). The van der Waals surface area contributed by atoms with Gasteiger partial charge in [0, 0.05) is 31.6 Å². The fourth-order valence-corrected chi connectivity index (χ4v) is 12.8. The second kappa shape index (κ2) is 13.0. The van der Waals surface area contributed by atoms with E-state index in [0.29, 0.717) is 53.1 Å². The molecule has 10 atom stereocenters. The molecule has 0 aromatic carbocycles. The molecule has 0 aromatic heterocycles. The summed E-state index contributed by atoms with van der Waals surface area (Å²) in [4.78, 5) is 13.9. The van der Waals surface area contributed by atoms with Crippen LogP contribution in [0, 0.1) is 45.8 Å². The van der Waals surface area contributed by atoms with E-state index < -0.39 is 5.97 Å². The number of fused-ring (bicyclic) bond motifs is 7. The molecule has 1 heterocycles. The summed E-state index contributed by atoms with van der Waals surface area (Å²) in [5, 5.41) is 13.6. The zero-order valence-electron chi connectivity index (χ0n) is 29.1. The lowest BCUT2D eigenvalue weighted by molar-refractivity contribution is -0.212. The Morgan fingerprint density at radius 2 is 1.89 bits per heavy atom. The van der Waals surface area contributed by atoms with Gasteiger partial charge >= 0.3 is 5.97 Å². The molecular formula is C39H63FN2O3. The van der Waals surface area contributed by atoms with Gasteiger partial charge in [-0.15, -0.1) is 0 Å². The van der Waals surface area contributed by atoms with Crippen LogP contribution in [0.3, 0.4) is 0 Å². The van der Waals surface area contributed by atoms with Crippen LogP contribution in [0.1, 0.15) is 125 Å². The van der Waals surface area contributed by atoms with E-state index in [-0.39, 0.29) is 18.5 Å². The molecule has 8 unspecified atom stereocenters. The molecule has 5 nitrogen and oxygen atoms in total. The van der Waals surface area contributed by atoms with Gasteiger partial charge in [-0.25, -0.2) is 0 Å². The number of aliphatic carboxylic acids is 1. The van der Waals surface area contributed by atoms with E-state index in [4.69, 9.17) is 4.74 Å². The summed E-state index contributed by atoms with van der Waals surface area (Å²) >= 11 is 0. The van der Waals surface area contributed by atoms with Crippen LogP contribution in [-0.2, 0) is 9.53 Å². The van der Waals surface area contributed by atoms with E-state index in [1.54, 1.807) is 0 Å². The molecule has 0 aromatic rings. The third-order valence-electron chi connectivity index (χ3n) is 15.4. The van der Waals surface area contributed by atoms with E-state index in [9.17, 15) is 14.3 Å². The minimum atomic E-state index is -0.770. The van der Waals surface area contributed by atoms with Crippen molar-refractivity contribution in [2.45, 2.75) is 136 Å². The van der Waals surface area contributed by atoms with Crippen LogP contribution in [-0.4, -0.2) is 60.7 Å². The minimum Gasteiger partial charge on any atom is -0.481 e. The Hall–Kier alpha value is -1.24. The van der Waals surface area contributed by atoms with Crippen LogP contribution < -0.4 is 5.32 Å². The first-order chi connectivity index (χ1) is 21.5. The molecule has 6 aliphatic rings. The summed E-state index contributed by atoms with van der Waals surface area (Å²) in [7, 11) is 0. The smallest absolute Gasteiger partial charge is 0.303 e. The van der Waals surface area contributed by atoms with Crippen molar-refractivity contribution in [1.82, 2.24) is 10.2 Å². The summed E-state index contributed by atoms with van der Waals surface area (Å²) in [6.07, 6.45) is 20.2. The van der Waals surface area contributed by atoms with Crippen molar-refractivity contribution in [3.63, 3.8) is 0 Å². The second-order valence-electron chi connectivity index (χ2n) is 17.0. The summed E-state index contributed by atoms with van der Waals surface area (Å²) in [6, 6.07) is 0. The van der Waals surface area contributed by atoms with Gasteiger partial charge in [-0.1, -0.05) is 53.2 Å². The first-order valence-corrected chi connectivity index (χ1v) is 18.8. The molecule has 4 saturated carbocycles. The van der Waals surface area contributed by atoms with Gasteiger partial charge in [-0.3, -0.25) is 14.1 Å². The van der Waals surface area contributed by atoms with Crippen molar-refractivity contribution in [2.24, 2.45) is 45.8 Å². The Morgan fingerprint density at radius 3 is 2.62 bits per heavy atom. The van der Waals surface area contributed by atoms with E-state index >= 15 is 0 Å². The number of carbonyl (C=O) groups is 1. The monoisotopic (exact) mass is 626 g/mol. The lowest BCUT2D eigenvalue weighted by Crippen LogP contribution is -2.67. The topological polar surface area (TPSA) is 61.8 Å². The standard InChI is InChI=1S/C39H63FN2O3/c1-6-29-25-42(26-45-29)24-23-41-39-17-7-10-33(39)32-12-13-34-36(3)18-15-30(28(9-8-22-40)11-14-35(43)44)27(2)31(36)16-19-38(34,5)37(32,4)20-21-39/h9,15,27,29,31-34,41H,6-8,10-14,16-26H2,1-5H3,(H,43,44)/b28-9+/t27?,29?,31?,32?,33-,34?,36?,37-,38?,39?/m1/s1. The van der Waals surface area contributed by atoms with Crippen LogP contribution in [0.15, 0.2) is 23.3 Å². The zero-order valence-corrected chi connectivity index (χ0v) is 29.1. The van der Waals surface area contributed by atoms with Gasteiger partial charge < -0.3 is 15.2 Å². The molecule has 0 spiro atoms. The van der Waals surface area contributed by atoms with Crippen molar-refractivity contribution in [1.29, 1.82) is 0 Å². The molecule has 254 valence electrons. The van der Waals surface area contributed by atoms with E-state index in [2.05, 4.69) is 50.9 Å². The highest BCUT2D eigenvalue weighted by Gasteiger charge is 2.68. The zero-order chi connectivity index (χ0) is 32.0. The number of hydrogen-bond acceptors (Lipinski definition) is 4. The van der Waals surface area contributed by atoms with Gasteiger partial charge in [0.1, 0.15) is 0 Å². The molecule has 5 fully saturated rings. The first kappa shape index (κ1) is 33.7. The number of hydrogen-bond donors (Lipinski definition) is 2. The normalized spacial score (nSPS) is 44.9. The van der Waals surface area contributed by atoms with Crippen molar-refractivity contribution >= 4 is 5.97 Å². The average molecular weight is 627 g/mol. The maximum atomic E-state index is 13.2. The fraction of sp³-hybridized carbons (Fsp3) is 0.872. The number of nitrogens with zero attached hydrogens (tertiary/aromatic N) is 1. The Morgan fingerprint density at radius 1 is 1.07 bits per heavy atom. The summed E-state index contributed by atoms with van der Waals surface area (Å²) in [5.41, 5.74) is 3.73. The molecule has 1 saturated heterocycles. The molecule has 45 heavy (non-hydrogen) atoms. The van der Waals surface area contributed by atoms with Gasteiger partial charge in [-0.2, -0.15) is 0 Å². The van der Waals surface area contributed by atoms with Gasteiger partial charge in [0.15, 0.2) is 0 Å². The lowest BCUT2D eigenvalue weighted by Gasteiger charge is -2.71. The molecule has 0 radical (unpaired) electrons. The van der Waals surface area contributed by atoms with Crippen molar-refractivity contribution < 1.29 is 19.0 Å². The maximum absolute atomic E-state index is 13.2. The largest absolute Gasteiger partial charge is 0.481 e. The molecule has 0 amide bonds. The SMILES string of the molecule is CCC1CN(CCNC23CCC[C@@H]2C2CCC4C5(C)CC=C(/C(=C/CCF)CCC(=O)O)C(C)C5CCC4(C)[C@]2(C)CC3)CO1. The summed E-state index contributed by atoms with van der Waals surface area (Å²) in [5.74, 6) is 2.55. The number of halogens is 1. The number of allylic oxidation sites excluding steroid dienone is 4. The molecule has 2 N–H and O–H groups in total. The highest BCUT2D eigenvalue weighted by atomic mass is 19.1. The predicted molar refractivity (Wildman–Crippen MR) is 180 cm³/mol. The number of nitrogens with one attached hydrogen (secondary N) is 1. The Bertz CT molecular complexity index is 1160. The lowest BCUT2D eigenvalue weighted by atomic mass is 9.34. The molecule has 0 bridgehead atoms. The minimum absolute atomic E-state index is 0.119. The second-order valence-corrected chi connectivity index (χ2v) is 17.0. The van der Waals surface area contributed by atoms with Gasteiger partial charge in [0.05, 0.1) is 19.5 Å². The third kappa shape index (κ3) is 5.69. The molecule has 1 aliphatic heterocycles. The van der Waals surface area contributed by atoms with Crippen molar-refractivity contribution in [3.05, 3.63) is 23.3 Å². The number of carboxylic acids is 1. The fourth-order valence-electron chi connectivity index (χ4n) is 12.8. The maximum Gasteiger partial charge on any atom is 0.303 e. The predicted octanol–water partition coefficient (Wildman–Crippen LogP) is 8.55. The number of rotatable bonds is 11. The van der Waals surface area contributed by atoms with Gasteiger partial charge in [0.2, 0.25) is 0 Å². The molecular weight excluding hydrogens is 563 g/mol. The Labute approximate surface area is 273 Å².